The van der Waals surface area contributed by atoms with Gasteiger partial charge in [0.25, 0.3) is 0 Å². The highest BCUT2D eigenvalue weighted by Crippen LogP contribution is 2.62. The molecule has 2 N–H and O–H groups in total. The predicted molar refractivity (Wildman–Crippen MR) is 158 cm³/mol. The smallest absolute Gasteiger partial charge is 0.336 e. The summed E-state index contributed by atoms with van der Waals surface area (Å²) in [6.45, 7) is 0. The Hall–Kier alpha value is -4.38. The number of hydrogen-bond donors (Lipinski definition) is 2. The maximum Gasteiger partial charge on any atom is 0.336 e. The van der Waals surface area contributed by atoms with Gasteiger partial charge in [0.2, 0.25) is 0 Å². The fourth-order valence-electron chi connectivity index (χ4n) is 8.83. The molecule has 5 aliphatic carbocycles. The molecule has 3 aromatic rings. The van der Waals surface area contributed by atoms with Crippen LogP contribution < -0.4 is 5.43 Å². The summed E-state index contributed by atoms with van der Waals surface area (Å²) in [5, 5.41) is 21.9. The van der Waals surface area contributed by atoms with Crippen molar-refractivity contribution in [3.8, 4) is 39.3 Å². The van der Waals surface area contributed by atoms with E-state index in [1.807, 2.05) is 42.5 Å². The first-order chi connectivity index (χ1) is 19.9. The highest BCUT2D eigenvalue weighted by molar-refractivity contribution is 6.04. The molecule has 6 aliphatic rings. The second-order valence-electron chi connectivity index (χ2n) is 12.6. The van der Waals surface area contributed by atoms with Gasteiger partial charge in [-0.2, -0.15) is 0 Å². The maximum atomic E-state index is 12.4. The number of fused-ring (bicyclic) bond motifs is 2. The normalized spacial score (nSPS) is 24.7. The monoisotopic (exact) mass is 542 g/mol. The zero-order valence-electron chi connectivity index (χ0n) is 22.6. The number of carboxylic acids is 1. The molecule has 204 valence electrons. The van der Waals surface area contributed by atoms with Crippen molar-refractivity contribution in [2.24, 2.45) is 17.8 Å². The van der Waals surface area contributed by atoms with Crippen molar-refractivity contribution < 1.29 is 19.4 Å². The summed E-state index contributed by atoms with van der Waals surface area (Å²) in [5.74, 6) is 2.12. The Kier molecular flexibility index (Phi) is 5.25. The van der Waals surface area contributed by atoms with Gasteiger partial charge in [-0.05, 0) is 121 Å². The lowest BCUT2D eigenvalue weighted by Gasteiger charge is -2.57. The third-order valence-electron chi connectivity index (χ3n) is 10.1. The van der Waals surface area contributed by atoms with E-state index in [0.29, 0.717) is 22.7 Å². The summed E-state index contributed by atoms with van der Waals surface area (Å²) in [7, 11) is 0. The molecule has 1 aliphatic heterocycles. The molecule has 5 heteroatoms. The molecule has 0 aromatic heterocycles. The van der Waals surface area contributed by atoms with Crippen LogP contribution in [0.2, 0.25) is 0 Å². The second-order valence-corrected chi connectivity index (χ2v) is 12.6. The van der Waals surface area contributed by atoms with Crippen LogP contribution in [-0.2, 0) is 5.41 Å². The molecule has 1 heterocycles. The summed E-state index contributed by atoms with van der Waals surface area (Å²) in [6, 6.07) is 23.6. The first kappa shape index (κ1) is 24.4. The van der Waals surface area contributed by atoms with Gasteiger partial charge in [0, 0.05) is 28.1 Å². The molecule has 9 rings (SSSR count). The van der Waals surface area contributed by atoms with Gasteiger partial charge in [-0.15, -0.1) is 0 Å². The number of rotatable bonds is 4. The highest BCUT2D eigenvalue weighted by atomic mass is 16.4. The van der Waals surface area contributed by atoms with E-state index in [1.165, 1.54) is 25.3 Å². The van der Waals surface area contributed by atoms with E-state index >= 15 is 0 Å². The topological polar surface area (TPSA) is 87.7 Å². The molecule has 0 saturated heterocycles. The van der Waals surface area contributed by atoms with Crippen LogP contribution in [0.4, 0.5) is 0 Å². The average molecular weight is 543 g/mol. The molecule has 0 amide bonds. The van der Waals surface area contributed by atoms with E-state index in [1.54, 1.807) is 24.3 Å². The Morgan fingerprint density at radius 1 is 0.780 bits per heavy atom. The molecule has 4 saturated carbocycles. The average Bonchev–Trinajstić information content (AvgIpc) is 2.95. The lowest BCUT2D eigenvalue weighted by atomic mass is 9.48. The van der Waals surface area contributed by atoms with Crippen molar-refractivity contribution in [2.75, 3.05) is 0 Å². The molecule has 0 atom stereocenters. The van der Waals surface area contributed by atoms with Gasteiger partial charge in [-0.25, -0.2) is 4.79 Å². The molecule has 3 aromatic carbocycles. The Morgan fingerprint density at radius 2 is 1.49 bits per heavy atom. The maximum absolute atomic E-state index is 12.4. The first-order valence-corrected chi connectivity index (χ1v) is 14.5. The van der Waals surface area contributed by atoms with Crippen molar-refractivity contribution in [3.63, 3.8) is 0 Å². The van der Waals surface area contributed by atoms with Crippen LogP contribution in [0.5, 0.6) is 5.75 Å². The molecule has 0 spiro atoms. The zero-order valence-corrected chi connectivity index (χ0v) is 22.6. The van der Waals surface area contributed by atoms with Crippen LogP contribution in [-0.4, -0.2) is 16.2 Å². The Bertz CT molecular complexity index is 1860. The minimum Gasteiger partial charge on any atom is -0.508 e. The zero-order chi connectivity index (χ0) is 27.9. The number of phenols is 1. The molecule has 0 unspecified atom stereocenters. The van der Waals surface area contributed by atoms with Gasteiger partial charge in [0.05, 0.1) is 5.56 Å². The summed E-state index contributed by atoms with van der Waals surface area (Å²) in [4.78, 5) is 24.3. The van der Waals surface area contributed by atoms with E-state index in [9.17, 15) is 19.8 Å². The van der Waals surface area contributed by atoms with Crippen molar-refractivity contribution in [1.29, 1.82) is 0 Å². The van der Waals surface area contributed by atoms with Gasteiger partial charge < -0.3 is 14.6 Å². The van der Waals surface area contributed by atoms with Crippen molar-refractivity contribution >= 4 is 16.9 Å². The van der Waals surface area contributed by atoms with Crippen LogP contribution in [0.3, 0.4) is 0 Å². The standard InChI is InChI=1S/C36H30O5/c37-25-7-9-29-33(16-25)41-32-15-23(26-3-1-2-4-27(26)35(39)40)5-8-28(32)34(29)24-6-10-31(38)30(14-24)36-17-20-11-21(18-36)13-22(12-20)19-36/h1-10,14-16,20-22,38H,11-13,17-19H2,(H,39,40). The quantitative estimate of drug-likeness (QED) is 0.224. The van der Waals surface area contributed by atoms with Crippen LogP contribution in [0.25, 0.3) is 44.5 Å². The molecule has 4 bridgehead atoms. The van der Waals surface area contributed by atoms with Crippen LogP contribution in [0.1, 0.15) is 54.4 Å². The minimum atomic E-state index is -0.992. The number of benzene rings is 4. The van der Waals surface area contributed by atoms with Crippen LogP contribution >= 0.6 is 0 Å². The van der Waals surface area contributed by atoms with Crippen LogP contribution in [0.15, 0.2) is 88.1 Å². The van der Waals surface area contributed by atoms with E-state index in [2.05, 4.69) is 6.07 Å². The van der Waals surface area contributed by atoms with Gasteiger partial charge in [0.15, 0.2) is 5.43 Å². The van der Waals surface area contributed by atoms with Crippen molar-refractivity contribution in [1.82, 2.24) is 0 Å². The minimum absolute atomic E-state index is 0.0233. The fraction of sp³-hybridized carbons (Fsp3) is 0.278. The Balaban J connectivity index is 1.34. The fourth-order valence-corrected chi connectivity index (χ4v) is 8.83. The van der Waals surface area contributed by atoms with E-state index in [0.717, 1.165) is 70.2 Å². The number of carboxylic acid groups (broad SMARTS) is 1. The van der Waals surface area contributed by atoms with Crippen molar-refractivity contribution in [2.45, 2.75) is 43.9 Å². The van der Waals surface area contributed by atoms with Gasteiger partial charge >= 0.3 is 5.97 Å². The first-order valence-electron chi connectivity index (χ1n) is 14.5. The molecule has 0 radical (unpaired) electrons. The molecule has 4 fully saturated rings. The summed E-state index contributed by atoms with van der Waals surface area (Å²) < 4.78 is 6.31. The van der Waals surface area contributed by atoms with E-state index < -0.39 is 5.97 Å². The van der Waals surface area contributed by atoms with Gasteiger partial charge in [-0.1, -0.05) is 30.3 Å². The van der Waals surface area contributed by atoms with Crippen molar-refractivity contribution in [3.05, 3.63) is 100 Å². The summed E-state index contributed by atoms with van der Waals surface area (Å²) >= 11 is 0. The number of carbonyl (C=O) groups is 1. The third kappa shape index (κ3) is 3.82. The highest BCUT2D eigenvalue weighted by Gasteiger charge is 2.52. The van der Waals surface area contributed by atoms with E-state index in [4.69, 9.17) is 4.42 Å². The number of phenolic OH excluding ortho intramolecular Hbond substituents is 1. The van der Waals surface area contributed by atoms with Gasteiger partial charge in [0.1, 0.15) is 17.1 Å². The molecular formula is C36H30O5. The lowest BCUT2D eigenvalue weighted by Crippen LogP contribution is -2.48. The molecule has 5 nitrogen and oxygen atoms in total. The Labute approximate surface area is 237 Å². The largest absolute Gasteiger partial charge is 0.508 e. The lowest BCUT2D eigenvalue weighted by molar-refractivity contribution is -0.00611. The van der Waals surface area contributed by atoms with Crippen LogP contribution in [0, 0.1) is 17.8 Å². The van der Waals surface area contributed by atoms with E-state index in [-0.39, 0.29) is 16.4 Å². The summed E-state index contributed by atoms with van der Waals surface area (Å²) in [5.41, 5.74) is 5.82. The number of hydrogen-bond acceptors (Lipinski definition) is 4. The Morgan fingerprint density at radius 3 is 2.22 bits per heavy atom. The second kappa shape index (κ2) is 8.81. The number of aromatic hydroxyl groups is 1. The third-order valence-corrected chi connectivity index (χ3v) is 10.1. The van der Waals surface area contributed by atoms with Gasteiger partial charge in [-0.3, -0.25) is 4.79 Å². The number of aromatic carboxylic acids is 1. The summed E-state index contributed by atoms with van der Waals surface area (Å²) in [6.07, 6.45) is 7.44. The SMILES string of the molecule is O=C(O)c1ccccc1-c1ccc2c(-c3ccc(O)c(C45CC6CC(CC(C6)C4)C5)c3)c3ccc(=O)cc-3oc2c1. The molecule has 41 heavy (non-hydrogen) atoms. The molecular weight excluding hydrogens is 512 g/mol. The predicted octanol–water partition coefficient (Wildman–Crippen LogP) is 8.10.